The quantitative estimate of drug-likeness (QED) is 0.229. The average Bonchev–Trinajstić information content (AvgIpc) is 2.41. The summed E-state index contributed by atoms with van der Waals surface area (Å²) in [5.74, 6) is 0.901. The molecule has 0 radical (unpaired) electrons. The van der Waals surface area contributed by atoms with Crippen molar-refractivity contribution in [3.8, 4) is 0 Å². The number of aliphatic imine (C=N–C) groups is 1. The molecule has 0 aliphatic rings. The molecule has 0 bridgehead atoms. The first-order valence-electron chi connectivity index (χ1n) is 7.53. The van der Waals surface area contributed by atoms with E-state index < -0.39 is 0 Å². The van der Waals surface area contributed by atoms with Crippen LogP contribution in [0, 0.1) is 0 Å². The maximum atomic E-state index is 11.4. The molecule has 6 heteroatoms. The number of nitrogens with one attached hydrogen (secondary N) is 3. The van der Waals surface area contributed by atoms with Crippen LogP contribution in [0.15, 0.2) is 4.99 Å². The van der Waals surface area contributed by atoms with Gasteiger partial charge >= 0.3 is 0 Å². The highest BCUT2D eigenvalue weighted by molar-refractivity contribution is 14.0. The molecule has 0 aromatic carbocycles. The first-order valence-corrected chi connectivity index (χ1v) is 7.53. The van der Waals surface area contributed by atoms with Gasteiger partial charge in [0, 0.05) is 32.6 Å². The van der Waals surface area contributed by atoms with Crippen molar-refractivity contribution in [1.82, 2.24) is 16.0 Å². The summed E-state index contributed by atoms with van der Waals surface area (Å²) in [6, 6.07) is 0. The van der Waals surface area contributed by atoms with Gasteiger partial charge in [-0.2, -0.15) is 0 Å². The van der Waals surface area contributed by atoms with E-state index in [9.17, 15) is 4.79 Å². The zero-order valence-electron chi connectivity index (χ0n) is 13.1. The van der Waals surface area contributed by atoms with Gasteiger partial charge in [-0.05, 0) is 19.8 Å². The monoisotopic (exact) mass is 398 g/mol. The molecule has 0 unspecified atom stereocenters. The molecule has 0 saturated heterocycles. The molecule has 0 aromatic rings. The zero-order valence-corrected chi connectivity index (χ0v) is 15.5. The topological polar surface area (TPSA) is 65.5 Å². The van der Waals surface area contributed by atoms with Gasteiger partial charge in [0.25, 0.3) is 0 Å². The smallest absolute Gasteiger partial charge is 0.221 e. The molecule has 0 saturated carbocycles. The molecule has 0 atom stereocenters. The Kier molecular flexibility index (Phi) is 18.0. The van der Waals surface area contributed by atoms with Crippen molar-refractivity contribution in [3.05, 3.63) is 0 Å². The molecule has 0 fully saturated rings. The third-order valence-corrected chi connectivity index (χ3v) is 2.59. The fourth-order valence-corrected chi connectivity index (χ4v) is 1.54. The van der Waals surface area contributed by atoms with Crippen LogP contribution in [0.2, 0.25) is 0 Å². The molecule has 0 aromatic heterocycles. The van der Waals surface area contributed by atoms with Crippen molar-refractivity contribution < 1.29 is 4.79 Å². The standard InChI is InChI=1S/C14H30N4O.HI/c1-4-7-8-11-17-14(15-6-3)18-12-9-13(19)16-10-5-2;/h4-12H2,1-3H3,(H,16,19)(H2,15,17,18);1H. The molecule has 0 heterocycles. The van der Waals surface area contributed by atoms with Crippen LogP contribution in [-0.2, 0) is 4.79 Å². The maximum Gasteiger partial charge on any atom is 0.221 e. The van der Waals surface area contributed by atoms with Crippen LogP contribution in [0.5, 0.6) is 0 Å². The molecule has 5 nitrogen and oxygen atoms in total. The number of carbonyl (C=O) groups excluding carboxylic acids is 1. The largest absolute Gasteiger partial charge is 0.357 e. The van der Waals surface area contributed by atoms with Crippen molar-refractivity contribution in [1.29, 1.82) is 0 Å². The molecule has 0 aliphatic heterocycles. The second-order valence-electron chi connectivity index (χ2n) is 4.49. The van der Waals surface area contributed by atoms with Crippen molar-refractivity contribution >= 4 is 35.8 Å². The summed E-state index contributed by atoms with van der Waals surface area (Å²) >= 11 is 0. The number of nitrogens with zero attached hydrogens (tertiary/aromatic N) is 1. The zero-order chi connectivity index (χ0) is 14.3. The van der Waals surface area contributed by atoms with E-state index >= 15 is 0 Å². The first-order chi connectivity index (χ1) is 9.24. The summed E-state index contributed by atoms with van der Waals surface area (Å²) in [5.41, 5.74) is 0. The summed E-state index contributed by atoms with van der Waals surface area (Å²) in [7, 11) is 0. The second-order valence-corrected chi connectivity index (χ2v) is 4.49. The van der Waals surface area contributed by atoms with Gasteiger partial charge in [0.2, 0.25) is 5.91 Å². The van der Waals surface area contributed by atoms with Crippen LogP contribution in [0.25, 0.3) is 0 Å². The van der Waals surface area contributed by atoms with Crippen molar-refractivity contribution in [2.24, 2.45) is 4.99 Å². The highest BCUT2D eigenvalue weighted by atomic mass is 127. The molecule has 0 rings (SSSR count). The van der Waals surface area contributed by atoms with E-state index in [0.29, 0.717) is 13.0 Å². The lowest BCUT2D eigenvalue weighted by Gasteiger charge is -2.11. The van der Waals surface area contributed by atoms with Gasteiger partial charge in [0.15, 0.2) is 5.96 Å². The molecule has 120 valence electrons. The number of amides is 1. The van der Waals surface area contributed by atoms with Crippen LogP contribution < -0.4 is 16.0 Å². The summed E-state index contributed by atoms with van der Waals surface area (Å²) in [6.07, 6.45) is 4.99. The lowest BCUT2D eigenvalue weighted by molar-refractivity contribution is -0.120. The fraction of sp³-hybridized carbons (Fsp3) is 0.857. The third kappa shape index (κ3) is 13.9. The normalized spacial score (nSPS) is 10.7. The third-order valence-electron chi connectivity index (χ3n) is 2.59. The lowest BCUT2D eigenvalue weighted by atomic mass is 10.2. The second kappa shape index (κ2) is 16.5. The Bertz CT molecular complexity index is 260. The van der Waals surface area contributed by atoms with Gasteiger partial charge in [0.1, 0.15) is 0 Å². The average molecular weight is 398 g/mol. The van der Waals surface area contributed by atoms with Gasteiger partial charge in [-0.3, -0.25) is 9.79 Å². The Morgan fingerprint density at radius 2 is 1.70 bits per heavy atom. The van der Waals surface area contributed by atoms with Gasteiger partial charge in [-0.15, -0.1) is 24.0 Å². The minimum atomic E-state index is 0. The van der Waals surface area contributed by atoms with Gasteiger partial charge in [-0.25, -0.2) is 0 Å². The fourth-order valence-electron chi connectivity index (χ4n) is 1.54. The number of hydrogen-bond acceptors (Lipinski definition) is 2. The summed E-state index contributed by atoms with van der Waals surface area (Å²) in [5, 5.41) is 9.23. The summed E-state index contributed by atoms with van der Waals surface area (Å²) in [4.78, 5) is 15.9. The summed E-state index contributed by atoms with van der Waals surface area (Å²) < 4.78 is 0. The van der Waals surface area contributed by atoms with Crippen LogP contribution in [0.4, 0.5) is 0 Å². The predicted molar refractivity (Wildman–Crippen MR) is 96.8 cm³/mol. The Balaban J connectivity index is 0. The molecule has 0 aliphatic carbocycles. The number of rotatable bonds is 10. The Morgan fingerprint density at radius 3 is 2.30 bits per heavy atom. The van der Waals surface area contributed by atoms with E-state index in [0.717, 1.165) is 38.4 Å². The molecular formula is C14H31IN4O. The van der Waals surface area contributed by atoms with Gasteiger partial charge in [-0.1, -0.05) is 26.7 Å². The van der Waals surface area contributed by atoms with E-state index in [1.54, 1.807) is 0 Å². The minimum Gasteiger partial charge on any atom is -0.357 e. The van der Waals surface area contributed by atoms with Gasteiger partial charge in [0.05, 0.1) is 0 Å². The molecule has 3 N–H and O–H groups in total. The van der Waals surface area contributed by atoms with Crippen molar-refractivity contribution in [2.45, 2.75) is 52.9 Å². The summed E-state index contributed by atoms with van der Waals surface area (Å²) in [6.45, 7) is 9.32. The lowest BCUT2D eigenvalue weighted by Crippen LogP contribution is -2.39. The molecule has 1 amide bonds. The highest BCUT2D eigenvalue weighted by Crippen LogP contribution is 1.93. The van der Waals surface area contributed by atoms with Crippen LogP contribution in [0.1, 0.15) is 52.9 Å². The van der Waals surface area contributed by atoms with Crippen molar-refractivity contribution in [3.63, 3.8) is 0 Å². The Labute approximate surface area is 140 Å². The van der Waals surface area contributed by atoms with Crippen LogP contribution in [-0.4, -0.2) is 38.0 Å². The maximum absolute atomic E-state index is 11.4. The number of halogens is 1. The SMILES string of the molecule is CCCCCN=C(NCC)NCCC(=O)NCCC.I. The van der Waals surface area contributed by atoms with E-state index in [2.05, 4.69) is 27.9 Å². The number of hydrogen-bond donors (Lipinski definition) is 3. The predicted octanol–water partition coefficient (Wildman–Crippen LogP) is 2.27. The molecule has 20 heavy (non-hydrogen) atoms. The van der Waals surface area contributed by atoms with Crippen LogP contribution in [0.3, 0.4) is 0 Å². The number of unbranched alkanes of at least 4 members (excludes halogenated alkanes) is 2. The van der Waals surface area contributed by atoms with E-state index in [-0.39, 0.29) is 29.9 Å². The number of carbonyl (C=O) groups is 1. The van der Waals surface area contributed by atoms with E-state index in [1.165, 1.54) is 12.8 Å². The molecule has 0 spiro atoms. The molecular weight excluding hydrogens is 367 g/mol. The number of guanidine groups is 1. The Morgan fingerprint density at radius 1 is 0.950 bits per heavy atom. The van der Waals surface area contributed by atoms with Gasteiger partial charge < -0.3 is 16.0 Å². The Hall–Kier alpha value is -0.530. The van der Waals surface area contributed by atoms with Crippen molar-refractivity contribution in [2.75, 3.05) is 26.2 Å². The highest BCUT2D eigenvalue weighted by Gasteiger charge is 2.01. The van der Waals surface area contributed by atoms with E-state index in [1.807, 2.05) is 13.8 Å². The first kappa shape index (κ1) is 21.8. The van der Waals surface area contributed by atoms with E-state index in [4.69, 9.17) is 0 Å². The minimum absolute atomic E-state index is 0. The van der Waals surface area contributed by atoms with Crippen LogP contribution >= 0.6 is 24.0 Å².